The minimum atomic E-state index is 0.583. The van der Waals surface area contributed by atoms with Gasteiger partial charge in [-0.15, -0.1) is 0 Å². The highest BCUT2D eigenvalue weighted by Gasteiger charge is 2.28. The molecule has 3 rings (SSSR count). The van der Waals surface area contributed by atoms with Gasteiger partial charge in [0.2, 0.25) is 0 Å². The molecular weight excluding hydrogens is 184 g/mol. The number of nitrogens with one attached hydrogen (secondary N) is 1. The van der Waals surface area contributed by atoms with Crippen LogP contribution in [0.25, 0.3) is 5.57 Å². The molecule has 0 aliphatic carbocycles. The van der Waals surface area contributed by atoms with Crippen LogP contribution in [0, 0.1) is 0 Å². The molecule has 2 heteroatoms. The summed E-state index contributed by atoms with van der Waals surface area (Å²) in [4.78, 5) is 4.08. The van der Waals surface area contributed by atoms with E-state index >= 15 is 0 Å². The average molecular weight is 200 g/mol. The molecule has 0 amide bonds. The fourth-order valence-corrected chi connectivity index (χ4v) is 2.74. The normalized spacial score (nSPS) is 29.7. The SMILES string of the molecule is C1=C(c2ccncc2)[C@H]2CC[C@@H](CC1)N2. The zero-order valence-electron chi connectivity index (χ0n) is 8.82. The van der Waals surface area contributed by atoms with Gasteiger partial charge in [0.15, 0.2) is 0 Å². The smallest absolute Gasteiger partial charge is 0.0326 e. The summed E-state index contributed by atoms with van der Waals surface area (Å²) in [6.07, 6.45) is 11.3. The van der Waals surface area contributed by atoms with Crippen LogP contribution in [-0.4, -0.2) is 17.1 Å². The van der Waals surface area contributed by atoms with Gasteiger partial charge < -0.3 is 5.32 Å². The molecule has 2 aliphatic heterocycles. The molecule has 78 valence electrons. The Morgan fingerprint density at radius 3 is 2.87 bits per heavy atom. The quantitative estimate of drug-likeness (QED) is 0.753. The number of hydrogen-bond donors (Lipinski definition) is 1. The highest BCUT2D eigenvalue weighted by Crippen LogP contribution is 2.31. The molecule has 0 unspecified atom stereocenters. The van der Waals surface area contributed by atoms with E-state index in [1.54, 1.807) is 0 Å². The number of pyridine rings is 1. The van der Waals surface area contributed by atoms with Gasteiger partial charge in [0.05, 0.1) is 0 Å². The fourth-order valence-electron chi connectivity index (χ4n) is 2.74. The van der Waals surface area contributed by atoms with Gasteiger partial charge in [-0.1, -0.05) is 6.08 Å². The Labute approximate surface area is 90.4 Å². The lowest BCUT2D eigenvalue weighted by Crippen LogP contribution is -2.28. The molecule has 1 saturated heterocycles. The van der Waals surface area contributed by atoms with E-state index in [-0.39, 0.29) is 0 Å². The van der Waals surface area contributed by atoms with Crippen LogP contribution in [0.4, 0.5) is 0 Å². The lowest BCUT2D eigenvalue weighted by atomic mass is 9.95. The zero-order chi connectivity index (χ0) is 10.1. The third-order valence-electron chi connectivity index (χ3n) is 3.51. The van der Waals surface area contributed by atoms with Crippen molar-refractivity contribution in [1.29, 1.82) is 0 Å². The van der Waals surface area contributed by atoms with E-state index in [1.807, 2.05) is 12.4 Å². The van der Waals surface area contributed by atoms with Gasteiger partial charge in [0.1, 0.15) is 0 Å². The van der Waals surface area contributed by atoms with Crippen LogP contribution in [-0.2, 0) is 0 Å². The second kappa shape index (κ2) is 3.78. The van der Waals surface area contributed by atoms with Crippen LogP contribution in [0.3, 0.4) is 0 Å². The molecule has 15 heavy (non-hydrogen) atoms. The molecule has 0 radical (unpaired) electrons. The molecule has 1 aromatic rings. The summed E-state index contributed by atoms with van der Waals surface area (Å²) in [5, 5.41) is 3.71. The number of aromatic nitrogens is 1. The largest absolute Gasteiger partial charge is 0.307 e. The summed E-state index contributed by atoms with van der Waals surface area (Å²) in [5.41, 5.74) is 2.82. The minimum absolute atomic E-state index is 0.583. The summed E-state index contributed by atoms with van der Waals surface area (Å²) in [5.74, 6) is 0. The zero-order valence-corrected chi connectivity index (χ0v) is 8.82. The number of nitrogens with zero attached hydrogens (tertiary/aromatic N) is 1. The number of allylic oxidation sites excluding steroid dienone is 1. The molecule has 3 heterocycles. The van der Waals surface area contributed by atoms with E-state index in [4.69, 9.17) is 0 Å². The number of hydrogen-bond acceptors (Lipinski definition) is 2. The molecule has 2 nitrogen and oxygen atoms in total. The van der Waals surface area contributed by atoms with Crippen LogP contribution in [0.2, 0.25) is 0 Å². The molecule has 2 aliphatic rings. The second-order valence-electron chi connectivity index (χ2n) is 4.47. The van der Waals surface area contributed by atoms with E-state index in [2.05, 4.69) is 28.5 Å². The molecule has 2 atom stereocenters. The van der Waals surface area contributed by atoms with Crippen molar-refractivity contribution in [3.05, 3.63) is 36.2 Å². The highest BCUT2D eigenvalue weighted by atomic mass is 15.0. The first kappa shape index (κ1) is 9.10. The van der Waals surface area contributed by atoms with Gasteiger partial charge in [-0.3, -0.25) is 4.98 Å². The highest BCUT2D eigenvalue weighted by molar-refractivity contribution is 5.70. The predicted molar refractivity (Wildman–Crippen MR) is 61.4 cm³/mol. The molecule has 0 aromatic carbocycles. The van der Waals surface area contributed by atoms with Crippen molar-refractivity contribution in [3.63, 3.8) is 0 Å². The predicted octanol–water partition coefficient (Wildman–Crippen LogP) is 2.38. The van der Waals surface area contributed by atoms with Crippen molar-refractivity contribution in [2.45, 2.75) is 37.8 Å². The van der Waals surface area contributed by atoms with Crippen LogP contribution < -0.4 is 5.32 Å². The van der Waals surface area contributed by atoms with Crippen molar-refractivity contribution >= 4 is 5.57 Å². The maximum Gasteiger partial charge on any atom is 0.0326 e. The van der Waals surface area contributed by atoms with Gasteiger partial charge in [-0.25, -0.2) is 0 Å². The summed E-state index contributed by atoms with van der Waals surface area (Å²) < 4.78 is 0. The van der Waals surface area contributed by atoms with Gasteiger partial charge >= 0.3 is 0 Å². The van der Waals surface area contributed by atoms with Crippen molar-refractivity contribution < 1.29 is 0 Å². The van der Waals surface area contributed by atoms with Gasteiger partial charge in [0, 0.05) is 24.5 Å². The Kier molecular flexibility index (Phi) is 2.29. The molecule has 1 aromatic heterocycles. The van der Waals surface area contributed by atoms with E-state index in [9.17, 15) is 0 Å². The summed E-state index contributed by atoms with van der Waals surface area (Å²) in [7, 11) is 0. The van der Waals surface area contributed by atoms with Crippen molar-refractivity contribution in [2.24, 2.45) is 0 Å². The third-order valence-corrected chi connectivity index (χ3v) is 3.51. The van der Waals surface area contributed by atoms with Crippen molar-refractivity contribution in [2.75, 3.05) is 0 Å². The summed E-state index contributed by atoms with van der Waals surface area (Å²) >= 11 is 0. The van der Waals surface area contributed by atoms with Crippen molar-refractivity contribution in [3.8, 4) is 0 Å². The fraction of sp³-hybridized carbons (Fsp3) is 0.462. The van der Waals surface area contributed by atoms with E-state index in [0.29, 0.717) is 6.04 Å². The van der Waals surface area contributed by atoms with Crippen LogP contribution in [0.1, 0.15) is 31.2 Å². The number of fused-ring (bicyclic) bond motifs is 2. The Morgan fingerprint density at radius 2 is 2.00 bits per heavy atom. The van der Waals surface area contributed by atoms with Crippen LogP contribution >= 0.6 is 0 Å². The molecular formula is C13H16N2. The molecule has 2 bridgehead atoms. The first-order valence-electron chi connectivity index (χ1n) is 5.80. The van der Waals surface area contributed by atoms with E-state index in [0.717, 1.165) is 6.04 Å². The lowest BCUT2D eigenvalue weighted by Gasteiger charge is -2.14. The first-order valence-corrected chi connectivity index (χ1v) is 5.80. The maximum absolute atomic E-state index is 4.08. The van der Waals surface area contributed by atoms with Crippen LogP contribution in [0.5, 0.6) is 0 Å². The third kappa shape index (κ3) is 1.70. The standard InChI is InChI=1S/C13H16N2/c1-2-11-4-5-13(15-11)12(3-1)10-6-8-14-9-7-10/h3,6-9,11,13,15H,1-2,4-5H2/t11-,13-/m1/s1. The van der Waals surface area contributed by atoms with Crippen LogP contribution in [0.15, 0.2) is 30.6 Å². The maximum atomic E-state index is 4.08. The van der Waals surface area contributed by atoms with Gasteiger partial charge in [-0.2, -0.15) is 0 Å². The second-order valence-corrected chi connectivity index (χ2v) is 4.47. The summed E-state index contributed by atoms with van der Waals surface area (Å²) in [6, 6.07) is 5.57. The molecule has 1 fully saturated rings. The van der Waals surface area contributed by atoms with E-state index in [1.165, 1.54) is 36.8 Å². The lowest BCUT2D eigenvalue weighted by molar-refractivity contribution is 0.559. The molecule has 1 N–H and O–H groups in total. The van der Waals surface area contributed by atoms with Gasteiger partial charge in [-0.05, 0) is 49.0 Å². The topological polar surface area (TPSA) is 24.9 Å². The average Bonchev–Trinajstić information content (AvgIpc) is 2.61. The summed E-state index contributed by atoms with van der Waals surface area (Å²) in [6.45, 7) is 0. The molecule has 0 saturated carbocycles. The van der Waals surface area contributed by atoms with Gasteiger partial charge in [0.25, 0.3) is 0 Å². The Morgan fingerprint density at radius 1 is 1.13 bits per heavy atom. The Balaban J connectivity index is 1.94. The van der Waals surface area contributed by atoms with Crippen molar-refractivity contribution in [1.82, 2.24) is 10.3 Å². The Hall–Kier alpha value is -1.15. The molecule has 0 spiro atoms. The minimum Gasteiger partial charge on any atom is -0.307 e. The Bertz CT molecular complexity index is 369. The monoisotopic (exact) mass is 200 g/mol. The first-order chi connectivity index (χ1) is 7.43. The number of rotatable bonds is 1. The van der Waals surface area contributed by atoms with E-state index < -0.39 is 0 Å².